The molecule has 4 fully saturated rings. The van der Waals surface area contributed by atoms with Crippen molar-refractivity contribution in [3.05, 3.63) is 0 Å². The van der Waals surface area contributed by atoms with E-state index in [9.17, 15) is 9.18 Å². The van der Waals surface area contributed by atoms with Gasteiger partial charge in [-0.25, -0.2) is 4.39 Å². The Kier molecular flexibility index (Phi) is 13.5. The summed E-state index contributed by atoms with van der Waals surface area (Å²) in [6.07, 6.45) is 11.2. The molecule has 1 amide bonds. The number of rotatable bonds is 4. The summed E-state index contributed by atoms with van der Waals surface area (Å²) in [6.45, 7) is 7.90. The maximum atomic E-state index is 14.2. The minimum atomic E-state index is -0.812. The standard InChI is InChI=1S/C16H27FN2O2.C5H11N.C3H9NS/c1-10-7-8-13(17)12-9-14(21-19-15(10)12)16(20)18-11-5-3-2-4-6-11;1-6-4-2-3-5-6;1-3-4-5-2/h10-15,19H,2-9H2,1H3,(H,18,20);2-5H2,1H3;4H,3H2,1-2H3. The summed E-state index contributed by atoms with van der Waals surface area (Å²) in [5, 5.41) is 3.08. The van der Waals surface area contributed by atoms with E-state index in [1.54, 1.807) is 11.9 Å². The number of likely N-dealkylation sites (tertiary alicyclic amines) is 1. The maximum absolute atomic E-state index is 14.2. The summed E-state index contributed by atoms with van der Waals surface area (Å²) in [5.74, 6) is 0.243. The number of nitrogens with one attached hydrogen (secondary N) is 3. The van der Waals surface area contributed by atoms with Crippen molar-refractivity contribution in [1.29, 1.82) is 0 Å². The lowest BCUT2D eigenvalue weighted by Gasteiger charge is -2.44. The molecule has 0 radical (unpaired) electrons. The van der Waals surface area contributed by atoms with Crippen LogP contribution in [0, 0.1) is 11.8 Å². The molecule has 5 atom stereocenters. The topological polar surface area (TPSA) is 65.6 Å². The number of nitrogens with zero attached hydrogens (tertiary/aromatic N) is 1. The lowest BCUT2D eigenvalue weighted by atomic mass is 9.74. The number of carbonyl (C=O) groups is 1. The van der Waals surface area contributed by atoms with Gasteiger partial charge in [-0.05, 0) is 77.3 Å². The third kappa shape index (κ3) is 9.45. The van der Waals surface area contributed by atoms with E-state index in [-0.39, 0.29) is 23.9 Å². The zero-order chi connectivity index (χ0) is 23.3. The van der Waals surface area contributed by atoms with Crippen molar-refractivity contribution in [2.45, 2.75) is 102 Å². The van der Waals surface area contributed by atoms with Crippen LogP contribution in [0.5, 0.6) is 0 Å². The molecule has 4 rings (SSSR count). The molecule has 0 aromatic heterocycles. The molecular weight excluding hydrogens is 427 g/mol. The number of alkyl halides is 1. The van der Waals surface area contributed by atoms with E-state index in [1.165, 1.54) is 45.2 Å². The Labute approximate surface area is 199 Å². The van der Waals surface area contributed by atoms with E-state index < -0.39 is 12.3 Å². The number of amides is 1. The molecule has 2 aliphatic carbocycles. The van der Waals surface area contributed by atoms with E-state index in [1.807, 2.05) is 6.26 Å². The van der Waals surface area contributed by atoms with Gasteiger partial charge in [0.05, 0.1) is 0 Å². The number of carbonyl (C=O) groups excluding carboxylic acids is 1. The molecule has 6 nitrogen and oxygen atoms in total. The van der Waals surface area contributed by atoms with Gasteiger partial charge in [0.25, 0.3) is 5.91 Å². The second kappa shape index (κ2) is 15.5. The van der Waals surface area contributed by atoms with Crippen LogP contribution in [0.2, 0.25) is 0 Å². The van der Waals surface area contributed by atoms with Crippen LogP contribution < -0.4 is 15.5 Å². The first-order valence-electron chi connectivity index (χ1n) is 12.8. The van der Waals surface area contributed by atoms with E-state index in [4.69, 9.17) is 4.84 Å². The van der Waals surface area contributed by atoms with Crippen LogP contribution in [0.4, 0.5) is 4.39 Å². The van der Waals surface area contributed by atoms with Crippen LogP contribution >= 0.6 is 11.9 Å². The van der Waals surface area contributed by atoms with Gasteiger partial charge < -0.3 is 10.2 Å². The molecule has 0 aromatic rings. The zero-order valence-corrected chi connectivity index (χ0v) is 21.5. The predicted octanol–water partition coefficient (Wildman–Crippen LogP) is 4.07. The minimum Gasteiger partial charge on any atom is -0.351 e. The number of hydroxylamine groups is 1. The summed E-state index contributed by atoms with van der Waals surface area (Å²) >= 11 is 1.65. The first-order valence-corrected chi connectivity index (χ1v) is 14.0. The fraction of sp³-hybridized carbons (Fsp3) is 0.958. The summed E-state index contributed by atoms with van der Waals surface area (Å²) in [5.41, 5.74) is 2.97. The largest absolute Gasteiger partial charge is 0.351 e. The summed E-state index contributed by atoms with van der Waals surface area (Å²) < 4.78 is 17.2. The van der Waals surface area contributed by atoms with Crippen molar-refractivity contribution in [3.63, 3.8) is 0 Å². The fourth-order valence-corrected chi connectivity index (χ4v) is 5.43. The van der Waals surface area contributed by atoms with Crippen LogP contribution in [0.1, 0.15) is 78.1 Å². The molecule has 0 spiro atoms. The summed E-state index contributed by atoms with van der Waals surface area (Å²) in [7, 11) is 2.17. The molecule has 188 valence electrons. The summed E-state index contributed by atoms with van der Waals surface area (Å²) in [6, 6.07) is 0.325. The Morgan fingerprint density at radius 3 is 2.34 bits per heavy atom. The maximum Gasteiger partial charge on any atom is 0.251 e. The van der Waals surface area contributed by atoms with Gasteiger partial charge in [-0.2, -0.15) is 5.48 Å². The third-order valence-electron chi connectivity index (χ3n) is 7.13. The highest BCUT2D eigenvalue weighted by atomic mass is 32.2. The third-order valence-corrected chi connectivity index (χ3v) is 7.71. The van der Waals surface area contributed by atoms with Crippen LogP contribution in [0.25, 0.3) is 0 Å². The zero-order valence-electron chi connectivity index (χ0n) is 20.7. The lowest BCUT2D eigenvalue weighted by molar-refractivity contribution is -0.164. The van der Waals surface area contributed by atoms with E-state index >= 15 is 0 Å². The molecule has 32 heavy (non-hydrogen) atoms. The van der Waals surface area contributed by atoms with Crippen molar-refractivity contribution in [3.8, 4) is 0 Å². The number of fused-ring (bicyclic) bond motifs is 1. The fourth-order valence-electron chi connectivity index (χ4n) is 5.14. The lowest BCUT2D eigenvalue weighted by Crippen LogP contribution is -2.58. The first kappa shape index (κ1) is 27.8. The number of hydrogen-bond acceptors (Lipinski definition) is 6. The van der Waals surface area contributed by atoms with Gasteiger partial charge in [0.15, 0.2) is 6.10 Å². The van der Waals surface area contributed by atoms with Crippen molar-refractivity contribution in [1.82, 2.24) is 20.4 Å². The van der Waals surface area contributed by atoms with E-state index in [0.717, 1.165) is 25.8 Å². The summed E-state index contributed by atoms with van der Waals surface area (Å²) in [4.78, 5) is 20.2. The molecule has 0 bridgehead atoms. The Hall–Kier alpha value is -0.410. The van der Waals surface area contributed by atoms with Crippen LogP contribution in [-0.2, 0) is 9.63 Å². The SMILES string of the molecule is CC1CCC(F)C2CC(C(=O)NC3CCCCC3)ONC12.CCNSC.CN1CCCC1. The molecule has 2 aliphatic heterocycles. The van der Waals surface area contributed by atoms with Gasteiger partial charge in [-0.3, -0.25) is 14.4 Å². The molecular formula is C24H47FN4O2S. The average molecular weight is 475 g/mol. The molecule has 3 N–H and O–H groups in total. The van der Waals surface area contributed by atoms with Crippen molar-refractivity contribution >= 4 is 17.9 Å². The first-order chi connectivity index (χ1) is 15.5. The van der Waals surface area contributed by atoms with Gasteiger partial charge in [0.1, 0.15) is 6.17 Å². The molecule has 0 aromatic carbocycles. The average Bonchev–Trinajstić information content (AvgIpc) is 3.29. The van der Waals surface area contributed by atoms with E-state index in [0.29, 0.717) is 18.8 Å². The molecule has 2 saturated heterocycles. The Balaban J connectivity index is 0.000000272. The van der Waals surface area contributed by atoms with Gasteiger partial charge in [-0.15, -0.1) is 0 Å². The van der Waals surface area contributed by atoms with Crippen LogP contribution in [-0.4, -0.2) is 68.1 Å². The van der Waals surface area contributed by atoms with Crippen LogP contribution in [0.15, 0.2) is 0 Å². The van der Waals surface area contributed by atoms with Crippen molar-refractivity contribution < 1.29 is 14.0 Å². The number of hydrogen-bond donors (Lipinski definition) is 3. The highest BCUT2D eigenvalue weighted by Crippen LogP contribution is 2.37. The Bertz CT molecular complexity index is 516. The van der Waals surface area contributed by atoms with Crippen molar-refractivity contribution in [2.24, 2.45) is 11.8 Å². The number of halogens is 1. The minimum absolute atomic E-state index is 0.0486. The Morgan fingerprint density at radius 1 is 1.12 bits per heavy atom. The highest BCUT2D eigenvalue weighted by molar-refractivity contribution is 7.96. The highest BCUT2D eigenvalue weighted by Gasteiger charge is 2.44. The van der Waals surface area contributed by atoms with E-state index in [2.05, 4.69) is 41.3 Å². The van der Waals surface area contributed by atoms with Gasteiger partial charge in [-0.1, -0.05) is 45.1 Å². The second-order valence-electron chi connectivity index (χ2n) is 9.78. The van der Waals surface area contributed by atoms with Crippen molar-refractivity contribution in [2.75, 3.05) is 32.9 Å². The molecule has 5 unspecified atom stereocenters. The second-order valence-corrected chi connectivity index (χ2v) is 10.5. The molecule has 4 aliphatic rings. The normalized spacial score (nSPS) is 33.2. The van der Waals surface area contributed by atoms with Gasteiger partial charge in [0.2, 0.25) is 0 Å². The molecule has 8 heteroatoms. The predicted molar refractivity (Wildman–Crippen MR) is 132 cm³/mol. The van der Waals surface area contributed by atoms with Gasteiger partial charge in [0, 0.05) is 24.5 Å². The Morgan fingerprint density at radius 2 is 1.81 bits per heavy atom. The monoisotopic (exact) mass is 474 g/mol. The molecule has 2 saturated carbocycles. The quantitative estimate of drug-likeness (QED) is 0.534. The molecule has 2 heterocycles. The van der Waals surface area contributed by atoms with Gasteiger partial charge >= 0.3 is 0 Å². The van der Waals surface area contributed by atoms with Crippen LogP contribution in [0.3, 0.4) is 0 Å². The smallest absolute Gasteiger partial charge is 0.251 e.